The minimum atomic E-state index is -0.184. The number of aliphatic imine (C=N–C) groups is 1. The van der Waals surface area contributed by atoms with Crippen molar-refractivity contribution in [2.45, 2.75) is 30.8 Å². The van der Waals surface area contributed by atoms with Crippen LogP contribution in [0.4, 0.5) is 0 Å². The molecule has 0 bridgehead atoms. The quantitative estimate of drug-likeness (QED) is 0.634. The smallest absolute Gasteiger partial charge is 0.136 e. The van der Waals surface area contributed by atoms with Gasteiger partial charge in [0.05, 0.1) is 6.34 Å². The molecule has 2 rings (SSSR count). The van der Waals surface area contributed by atoms with Gasteiger partial charge in [-0.15, -0.1) is 0 Å². The highest BCUT2D eigenvalue weighted by atomic mass is 35.5. The maximum absolute atomic E-state index is 6.41. The number of nitrogens with zero attached hydrogens (tertiary/aromatic N) is 3. The highest BCUT2D eigenvalue weighted by Crippen LogP contribution is 2.27. The maximum atomic E-state index is 6.41. The number of rotatable bonds is 3. The highest BCUT2D eigenvalue weighted by molar-refractivity contribution is 6.23. The fraction of sp³-hybridized carbons (Fsp3) is 0.643. The molecule has 0 aromatic carbocycles. The predicted octanol–water partition coefficient (Wildman–Crippen LogP) is 2.00. The van der Waals surface area contributed by atoms with E-state index < -0.39 is 0 Å². The van der Waals surface area contributed by atoms with Crippen LogP contribution in [0.25, 0.3) is 0 Å². The molecule has 19 heavy (non-hydrogen) atoms. The second-order valence-electron chi connectivity index (χ2n) is 5.17. The Morgan fingerprint density at radius 1 is 1.53 bits per heavy atom. The number of likely N-dealkylation sites (N-methyl/N-ethyl adjacent to an activating group) is 1. The van der Waals surface area contributed by atoms with Gasteiger partial charge in [-0.25, -0.2) is 4.99 Å². The molecular formula is C14H23ClN4. The normalized spacial score (nSPS) is 28.3. The van der Waals surface area contributed by atoms with Crippen LogP contribution < -0.4 is 5.32 Å². The van der Waals surface area contributed by atoms with E-state index >= 15 is 0 Å². The first-order chi connectivity index (χ1) is 9.15. The molecular weight excluding hydrogens is 260 g/mol. The minimum Gasteiger partial charge on any atom is -0.356 e. The third-order valence-electron chi connectivity index (χ3n) is 3.88. The molecule has 2 heterocycles. The Kier molecular flexibility index (Phi) is 4.88. The summed E-state index contributed by atoms with van der Waals surface area (Å²) in [5, 5.41) is 3.44. The van der Waals surface area contributed by atoms with Crippen molar-refractivity contribution in [3.05, 3.63) is 24.0 Å². The average molecular weight is 283 g/mol. The summed E-state index contributed by atoms with van der Waals surface area (Å²) in [4.78, 5) is 8.71. The van der Waals surface area contributed by atoms with Crippen LogP contribution >= 0.6 is 11.6 Å². The van der Waals surface area contributed by atoms with E-state index in [0.717, 1.165) is 30.9 Å². The summed E-state index contributed by atoms with van der Waals surface area (Å²) < 4.78 is 0. The van der Waals surface area contributed by atoms with Crippen LogP contribution in [-0.2, 0) is 0 Å². The van der Waals surface area contributed by atoms with E-state index in [9.17, 15) is 0 Å². The van der Waals surface area contributed by atoms with Gasteiger partial charge in [0.25, 0.3) is 0 Å². The van der Waals surface area contributed by atoms with E-state index in [1.54, 1.807) is 6.34 Å². The standard InChI is InChI=1S/C14H23ClN4/c1-4-12-13(15)18(2)10-17-14(12)19(3)11-6-5-8-16-9-7-11/h4,10-11,13,16H,1,5-9H2,2-3H3. The van der Waals surface area contributed by atoms with Crippen molar-refractivity contribution in [2.75, 3.05) is 27.2 Å². The summed E-state index contributed by atoms with van der Waals surface area (Å²) in [6, 6.07) is 0.518. The highest BCUT2D eigenvalue weighted by Gasteiger charge is 2.26. The number of nitrogens with one attached hydrogen (secondary N) is 1. The molecule has 0 saturated carbocycles. The van der Waals surface area contributed by atoms with Gasteiger partial charge >= 0.3 is 0 Å². The molecule has 0 aromatic heterocycles. The third kappa shape index (κ3) is 3.12. The Morgan fingerprint density at radius 2 is 2.32 bits per heavy atom. The number of hydrogen-bond acceptors (Lipinski definition) is 4. The summed E-state index contributed by atoms with van der Waals surface area (Å²) in [6.07, 6.45) is 7.16. The van der Waals surface area contributed by atoms with E-state index in [1.807, 2.05) is 18.0 Å². The minimum absolute atomic E-state index is 0.184. The van der Waals surface area contributed by atoms with Crippen molar-refractivity contribution < 1.29 is 0 Å². The van der Waals surface area contributed by atoms with Crippen molar-refractivity contribution in [2.24, 2.45) is 4.99 Å². The van der Waals surface area contributed by atoms with Crippen LogP contribution in [0.1, 0.15) is 19.3 Å². The molecule has 1 saturated heterocycles. The molecule has 1 fully saturated rings. The predicted molar refractivity (Wildman–Crippen MR) is 81.4 cm³/mol. The van der Waals surface area contributed by atoms with Crippen LogP contribution in [0.5, 0.6) is 0 Å². The molecule has 5 heteroatoms. The van der Waals surface area contributed by atoms with Crippen LogP contribution in [0.3, 0.4) is 0 Å². The molecule has 2 unspecified atom stereocenters. The summed E-state index contributed by atoms with van der Waals surface area (Å²) in [5.74, 6) is 0.958. The van der Waals surface area contributed by atoms with E-state index in [0.29, 0.717) is 6.04 Å². The van der Waals surface area contributed by atoms with E-state index in [-0.39, 0.29) is 5.50 Å². The lowest BCUT2D eigenvalue weighted by molar-refractivity contribution is 0.271. The second kappa shape index (κ2) is 6.44. The number of hydrogen-bond donors (Lipinski definition) is 1. The summed E-state index contributed by atoms with van der Waals surface area (Å²) in [5.41, 5.74) is 0.808. The monoisotopic (exact) mass is 282 g/mol. The second-order valence-corrected chi connectivity index (χ2v) is 5.59. The largest absolute Gasteiger partial charge is 0.356 e. The molecule has 0 aliphatic carbocycles. The van der Waals surface area contributed by atoms with Crippen molar-refractivity contribution in [1.82, 2.24) is 15.1 Å². The Labute approximate surface area is 120 Å². The molecule has 1 N–H and O–H groups in total. The zero-order valence-corrected chi connectivity index (χ0v) is 12.5. The van der Waals surface area contributed by atoms with Crippen molar-refractivity contribution in [3.8, 4) is 0 Å². The molecule has 2 aliphatic rings. The van der Waals surface area contributed by atoms with Gasteiger partial charge in [0.2, 0.25) is 0 Å². The Bertz CT molecular complexity index is 383. The third-order valence-corrected chi connectivity index (χ3v) is 4.42. The van der Waals surface area contributed by atoms with Gasteiger partial charge in [-0.2, -0.15) is 0 Å². The van der Waals surface area contributed by atoms with Gasteiger partial charge in [-0.1, -0.05) is 24.3 Å². The SMILES string of the molecule is C=CC1=C(N(C)C2CCCNCC2)N=CN(C)C1Cl. The molecule has 106 valence electrons. The van der Waals surface area contributed by atoms with Gasteiger partial charge in [0, 0.05) is 25.7 Å². The first-order valence-electron chi connectivity index (χ1n) is 6.85. The van der Waals surface area contributed by atoms with Crippen LogP contribution in [0.15, 0.2) is 29.0 Å². The van der Waals surface area contributed by atoms with Gasteiger partial charge in [0.1, 0.15) is 11.3 Å². The topological polar surface area (TPSA) is 30.9 Å². The van der Waals surface area contributed by atoms with Crippen LogP contribution in [-0.4, -0.2) is 54.9 Å². The number of alkyl halides is 1. The van der Waals surface area contributed by atoms with Gasteiger partial charge in [-0.05, 0) is 32.4 Å². The van der Waals surface area contributed by atoms with E-state index in [2.05, 4.69) is 28.8 Å². The lowest BCUT2D eigenvalue weighted by Gasteiger charge is -2.35. The average Bonchev–Trinajstić information content (AvgIpc) is 2.70. The van der Waals surface area contributed by atoms with Crippen LogP contribution in [0.2, 0.25) is 0 Å². The van der Waals surface area contributed by atoms with E-state index in [1.165, 1.54) is 12.8 Å². The first-order valence-corrected chi connectivity index (χ1v) is 7.29. The Morgan fingerprint density at radius 3 is 3.05 bits per heavy atom. The van der Waals surface area contributed by atoms with Crippen LogP contribution in [0, 0.1) is 0 Å². The van der Waals surface area contributed by atoms with Crippen molar-refractivity contribution in [1.29, 1.82) is 0 Å². The maximum Gasteiger partial charge on any atom is 0.136 e. The summed E-state index contributed by atoms with van der Waals surface area (Å²) in [6.45, 7) is 6.07. The summed E-state index contributed by atoms with van der Waals surface area (Å²) >= 11 is 6.41. The molecule has 0 amide bonds. The first kappa shape index (κ1) is 14.4. The summed E-state index contributed by atoms with van der Waals surface area (Å²) in [7, 11) is 4.04. The van der Waals surface area contributed by atoms with Gasteiger partial charge < -0.3 is 15.1 Å². The molecule has 2 aliphatic heterocycles. The van der Waals surface area contributed by atoms with Crippen molar-refractivity contribution in [3.63, 3.8) is 0 Å². The number of halogens is 1. The fourth-order valence-electron chi connectivity index (χ4n) is 2.65. The van der Waals surface area contributed by atoms with Gasteiger partial charge in [0.15, 0.2) is 0 Å². The molecule has 0 spiro atoms. The molecule has 0 aromatic rings. The fourth-order valence-corrected chi connectivity index (χ4v) is 2.89. The Hall–Kier alpha value is -1.000. The Balaban J connectivity index is 2.20. The molecule has 4 nitrogen and oxygen atoms in total. The zero-order valence-electron chi connectivity index (χ0n) is 11.8. The van der Waals surface area contributed by atoms with E-state index in [4.69, 9.17) is 11.6 Å². The zero-order chi connectivity index (χ0) is 13.8. The molecule has 2 atom stereocenters. The lowest BCUT2D eigenvalue weighted by atomic mass is 10.1. The van der Waals surface area contributed by atoms with Gasteiger partial charge in [-0.3, -0.25) is 0 Å². The molecule has 0 radical (unpaired) electrons. The van der Waals surface area contributed by atoms with Crippen molar-refractivity contribution >= 4 is 17.9 Å². The lowest BCUT2D eigenvalue weighted by Crippen LogP contribution is -2.38.